The van der Waals surface area contributed by atoms with E-state index in [-0.39, 0.29) is 31.4 Å². The molecule has 0 aliphatic carbocycles. The van der Waals surface area contributed by atoms with E-state index in [2.05, 4.69) is 0 Å². The lowest BCUT2D eigenvalue weighted by molar-refractivity contribution is -0.144. The van der Waals surface area contributed by atoms with Crippen molar-refractivity contribution in [3.8, 4) is 0 Å². The zero-order valence-electron chi connectivity index (χ0n) is 16.7. The minimum absolute atomic E-state index is 0.0716. The van der Waals surface area contributed by atoms with Crippen molar-refractivity contribution >= 4 is 29.4 Å². The largest absolute Gasteiger partial charge is 0.463 e. The second kappa shape index (κ2) is 9.41. The summed E-state index contributed by atoms with van der Waals surface area (Å²) in [5, 5.41) is 0.528. The van der Waals surface area contributed by atoms with Crippen LogP contribution in [0.1, 0.15) is 31.7 Å². The van der Waals surface area contributed by atoms with Gasteiger partial charge in [-0.25, -0.2) is 4.79 Å². The summed E-state index contributed by atoms with van der Waals surface area (Å²) in [5.41, 5.74) is 1.61. The number of amides is 2. The molecule has 2 heterocycles. The highest BCUT2D eigenvalue weighted by atomic mass is 35.5. The Labute approximate surface area is 175 Å². The molecular weight excluding hydrogens is 396 g/mol. The van der Waals surface area contributed by atoms with Crippen molar-refractivity contribution in [2.75, 3.05) is 39.5 Å². The van der Waals surface area contributed by atoms with E-state index in [1.807, 2.05) is 6.07 Å². The zero-order valence-corrected chi connectivity index (χ0v) is 17.4. The molecule has 1 atom stereocenters. The lowest BCUT2D eigenvalue weighted by Crippen LogP contribution is -2.48. The molecular formula is C21H25ClN2O5. The number of morpholine rings is 1. The normalized spacial score (nSPS) is 20.1. The average molecular weight is 421 g/mol. The molecule has 0 N–H and O–H groups in total. The molecule has 29 heavy (non-hydrogen) atoms. The van der Waals surface area contributed by atoms with E-state index in [4.69, 9.17) is 21.1 Å². The summed E-state index contributed by atoms with van der Waals surface area (Å²) in [5.74, 6) is -1.31. The number of benzene rings is 1. The first-order valence-corrected chi connectivity index (χ1v) is 10.1. The summed E-state index contributed by atoms with van der Waals surface area (Å²) >= 11 is 6.12. The molecule has 1 saturated heterocycles. The summed E-state index contributed by atoms with van der Waals surface area (Å²) in [6.45, 7) is 5.51. The van der Waals surface area contributed by atoms with Crippen LogP contribution in [0.2, 0.25) is 5.02 Å². The summed E-state index contributed by atoms with van der Waals surface area (Å²) in [6, 6.07) is 7.11. The fraction of sp³-hybridized carbons (Fsp3) is 0.476. The Bertz CT molecular complexity index is 832. The first kappa shape index (κ1) is 21.3. The molecule has 1 aromatic carbocycles. The molecule has 2 aliphatic rings. The van der Waals surface area contributed by atoms with E-state index in [0.29, 0.717) is 42.6 Å². The topological polar surface area (TPSA) is 76.2 Å². The Kier molecular flexibility index (Phi) is 6.92. The van der Waals surface area contributed by atoms with E-state index in [0.717, 1.165) is 5.56 Å². The van der Waals surface area contributed by atoms with Gasteiger partial charge >= 0.3 is 5.97 Å². The molecule has 1 unspecified atom stereocenters. The number of rotatable bonds is 5. The molecule has 1 aromatic rings. The molecule has 3 rings (SSSR count). The molecule has 0 aromatic heterocycles. The van der Waals surface area contributed by atoms with Crippen LogP contribution in [0.4, 0.5) is 0 Å². The number of hydrogen-bond acceptors (Lipinski definition) is 5. The smallest absolute Gasteiger partial charge is 0.336 e. The second-order valence-corrected chi connectivity index (χ2v) is 7.44. The van der Waals surface area contributed by atoms with E-state index in [9.17, 15) is 14.4 Å². The molecule has 0 saturated carbocycles. The first-order chi connectivity index (χ1) is 13.9. The van der Waals surface area contributed by atoms with Crippen LogP contribution in [0.25, 0.3) is 0 Å². The van der Waals surface area contributed by atoms with Crippen LogP contribution in [-0.2, 0) is 23.9 Å². The molecule has 8 heteroatoms. The molecule has 156 valence electrons. The highest BCUT2D eigenvalue weighted by molar-refractivity contribution is 6.30. The van der Waals surface area contributed by atoms with Crippen molar-refractivity contribution in [2.24, 2.45) is 0 Å². The molecule has 2 amide bonds. The fourth-order valence-electron chi connectivity index (χ4n) is 3.73. The van der Waals surface area contributed by atoms with Gasteiger partial charge in [0.15, 0.2) is 0 Å². The molecule has 7 nitrogen and oxygen atoms in total. The fourth-order valence-corrected chi connectivity index (χ4v) is 3.93. The highest BCUT2D eigenvalue weighted by Crippen LogP contribution is 2.37. The van der Waals surface area contributed by atoms with Gasteiger partial charge in [0, 0.05) is 36.1 Å². The van der Waals surface area contributed by atoms with Crippen molar-refractivity contribution < 1.29 is 23.9 Å². The monoisotopic (exact) mass is 420 g/mol. The van der Waals surface area contributed by atoms with Crippen molar-refractivity contribution in [1.82, 2.24) is 9.80 Å². The van der Waals surface area contributed by atoms with Crippen LogP contribution in [0, 0.1) is 0 Å². The average Bonchev–Trinajstić information content (AvgIpc) is 2.71. The number of halogens is 1. The third kappa shape index (κ3) is 4.79. The van der Waals surface area contributed by atoms with Gasteiger partial charge in [-0.15, -0.1) is 0 Å². The Hall–Kier alpha value is -2.38. The highest BCUT2D eigenvalue weighted by Gasteiger charge is 2.38. The van der Waals surface area contributed by atoms with Crippen LogP contribution < -0.4 is 0 Å². The first-order valence-electron chi connectivity index (χ1n) is 9.71. The summed E-state index contributed by atoms with van der Waals surface area (Å²) in [4.78, 5) is 41.4. The van der Waals surface area contributed by atoms with Crippen LogP contribution >= 0.6 is 11.6 Å². The minimum atomic E-state index is -0.480. The molecule has 0 radical (unpaired) electrons. The van der Waals surface area contributed by atoms with Crippen LogP contribution in [0.5, 0.6) is 0 Å². The van der Waals surface area contributed by atoms with E-state index < -0.39 is 11.9 Å². The second-order valence-electron chi connectivity index (χ2n) is 7.00. The van der Waals surface area contributed by atoms with Gasteiger partial charge in [-0.05, 0) is 31.5 Å². The van der Waals surface area contributed by atoms with E-state index >= 15 is 0 Å². The van der Waals surface area contributed by atoms with Gasteiger partial charge in [0.2, 0.25) is 11.8 Å². The van der Waals surface area contributed by atoms with Gasteiger partial charge in [-0.3, -0.25) is 9.59 Å². The SMILES string of the molecule is CCOC(=O)C1=C(C)N(CC(=O)N2CCOCC2)C(=O)CC1c1cccc(Cl)c1. The molecule has 1 fully saturated rings. The van der Waals surface area contributed by atoms with Gasteiger partial charge in [0.1, 0.15) is 6.54 Å². The maximum absolute atomic E-state index is 12.9. The lowest BCUT2D eigenvalue weighted by Gasteiger charge is -2.36. The van der Waals surface area contributed by atoms with Gasteiger partial charge in [-0.2, -0.15) is 0 Å². The quantitative estimate of drug-likeness (QED) is 0.683. The summed E-state index contributed by atoms with van der Waals surface area (Å²) in [7, 11) is 0. The molecule has 0 bridgehead atoms. The predicted octanol–water partition coefficient (Wildman–Crippen LogP) is 2.35. The maximum atomic E-state index is 12.9. The Morgan fingerprint density at radius 2 is 2.00 bits per heavy atom. The number of carbonyl (C=O) groups excluding carboxylic acids is 3. The summed E-state index contributed by atoms with van der Waals surface area (Å²) in [6.07, 6.45) is 0.0716. The van der Waals surface area contributed by atoms with Crippen molar-refractivity contribution in [1.29, 1.82) is 0 Å². The van der Waals surface area contributed by atoms with Gasteiger partial charge in [-0.1, -0.05) is 23.7 Å². The Balaban J connectivity index is 1.93. The molecule has 2 aliphatic heterocycles. The van der Waals surface area contributed by atoms with Crippen LogP contribution in [0.3, 0.4) is 0 Å². The standard InChI is InChI=1S/C21H25ClN2O5/c1-3-29-21(27)20-14(2)24(13-19(26)23-7-9-28-10-8-23)18(25)12-17(20)15-5-4-6-16(22)11-15/h4-6,11,17H,3,7-10,12-13H2,1-2H3. The number of allylic oxidation sites excluding steroid dienone is 1. The minimum Gasteiger partial charge on any atom is -0.463 e. The van der Waals surface area contributed by atoms with E-state index in [1.54, 1.807) is 36.9 Å². The zero-order chi connectivity index (χ0) is 21.0. The lowest BCUT2D eigenvalue weighted by atomic mass is 9.83. The van der Waals surface area contributed by atoms with E-state index in [1.165, 1.54) is 4.90 Å². The Morgan fingerprint density at radius 3 is 2.66 bits per heavy atom. The number of carbonyl (C=O) groups is 3. The van der Waals surface area contributed by atoms with Crippen molar-refractivity contribution in [3.05, 3.63) is 46.1 Å². The number of nitrogens with zero attached hydrogens (tertiary/aromatic N) is 2. The summed E-state index contributed by atoms with van der Waals surface area (Å²) < 4.78 is 10.5. The maximum Gasteiger partial charge on any atom is 0.336 e. The Morgan fingerprint density at radius 1 is 1.28 bits per heavy atom. The van der Waals surface area contributed by atoms with Crippen LogP contribution in [0.15, 0.2) is 35.5 Å². The van der Waals surface area contributed by atoms with Gasteiger partial charge in [0.05, 0.1) is 25.4 Å². The number of ether oxygens (including phenoxy) is 2. The molecule has 0 spiro atoms. The van der Waals surface area contributed by atoms with Crippen LogP contribution in [-0.4, -0.2) is 67.0 Å². The van der Waals surface area contributed by atoms with Gasteiger partial charge in [0.25, 0.3) is 0 Å². The number of hydrogen-bond donors (Lipinski definition) is 0. The van der Waals surface area contributed by atoms with Crippen molar-refractivity contribution in [2.45, 2.75) is 26.2 Å². The number of esters is 1. The third-order valence-corrected chi connectivity index (χ3v) is 5.46. The van der Waals surface area contributed by atoms with Gasteiger partial charge < -0.3 is 19.3 Å². The third-order valence-electron chi connectivity index (χ3n) is 5.23. The van der Waals surface area contributed by atoms with Crippen molar-refractivity contribution in [3.63, 3.8) is 0 Å². The predicted molar refractivity (Wildman–Crippen MR) is 107 cm³/mol.